The molecule has 1 N–H and O–H groups in total. The number of Topliss-reactive ketones (excluding diaryl/α,β-unsaturated/α-hetero) is 1. The molecule has 13 heteroatoms. The Bertz CT molecular complexity index is 1640. The predicted molar refractivity (Wildman–Crippen MR) is 130 cm³/mol. The van der Waals surface area contributed by atoms with Crippen LogP contribution in [0.15, 0.2) is 70.4 Å². The number of aliphatic hydroxyl groups is 1. The van der Waals surface area contributed by atoms with Gasteiger partial charge in [-0.15, -0.1) is 0 Å². The van der Waals surface area contributed by atoms with Crippen LogP contribution in [0.25, 0.3) is 22.2 Å². The molecule has 4 aromatic rings. The first-order valence-electron chi connectivity index (χ1n) is 11.8. The van der Waals surface area contributed by atoms with E-state index >= 15 is 0 Å². The maximum absolute atomic E-state index is 13.5. The topological polar surface area (TPSA) is 114 Å². The normalized spacial score (nSPS) is 18.6. The van der Waals surface area contributed by atoms with Crippen LogP contribution in [0.4, 0.5) is 17.6 Å². The molecule has 0 spiro atoms. The summed E-state index contributed by atoms with van der Waals surface area (Å²) in [5, 5.41) is 9.97. The number of sulfonamides is 1. The number of hydrogen-bond acceptors (Lipinski definition) is 7. The third-order valence-electron chi connectivity index (χ3n) is 6.45. The van der Waals surface area contributed by atoms with E-state index in [2.05, 4.69) is 9.97 Å². The molecule has 1 aliphatic rings. The minimum Gasteiger partial charge on any atom is -0.443 e. The van der Waals surface area contributed by atoms with Crippen LogP contribution in [-0.4, -0.2) is 52.3 Å². The Morgan fingerprint density at radius 2 is 1.90 bits per heavy atom. The molecule has 1 saturated heterocycles. The van der Waals surface area contributed by atoms with Gasteiger partial charge in [-0.05, 0) is 55.3 Å². The van der Waals surface area contributed by atoms with E-state index in [-0.39, 0.29) is 36.8 Å². The van der Waals surface area contributed by atoms with Gasteiger partial charge in [-0.2, -0.15) is 17.5 Å². The molecule has 0 saturated carbocycles. The lowest BCUT2D eigenvalue weighted by atomic mass is 10.0. The minimum absolute atomic E-state index is 0.101. The number of aryl methyl sites for hydroxylation is 1. The quantitative estimate of drug-likeness (QED) is 0.332. The number of aromatic nitrogens is 2. The van der Waals surface area contributed by atoms with Crippen molar-refractivity contribution in [1.29, 1.82) is 0 Å². The van der Waals surface area contributed by atoms with Gasteiger partial charge >= 0.3 is 6.18 Å². The monoisotopic (exact) mass is 563 g/mol. The molecule has 3 aromatic heterocycles. The second-order valence-electron chi connectivity index (χ2n) is 9.16. The van der Waals surface area contributed by atoms with Crippen molar-refractivity contribution in [2.75, 3.05) is 6.54 Å². The molecular formula is C26H21F4N3O5S. The standard InChI is InChI=1S/C26H21F4N3O5S/c27-18-2-6-24-16(9-18)11-25(38-24)39(36,37)33-14-20(34)12-22(33)23(35)5-3-19-10-15(7-8-31-19)21-4-1-17(13-32-21)26(28,29)30/h1-2,4,6-11,13,20,22,34H,3,5,12,14H2/t20-,22+/m1/s1. The summed E-state index contributed by atoms with van der Waals surface area (Å²) in [6.07, 6.45) is -3.48. The SMILES string of the molecule is O=C(CCc1cc(-c2ccc(C(F)(F)F)cn2)ccn1)[C@@H]1C[C@@H](O)CN1S(=O)(=O)c1cc2cc(F)ccc2o1. The van der Waals surface area contributed by atoms with Crippen molar-refractivity contribution in [1.82, 2.24) is 14.3 Å². The number of rotatable bonds is 7. The molecule has 1 aliphatic heterocycles. The first-order valence-corrected chi connectivity index (χ1v) is 13.3. The summed E-state index contributed by atoms with van der Waals surface area (Å²) in [5.41, 5.74) is 0.531. The van der Waals surface area contributed by atoms with Crippen LogP contribution in [0.3, 0.4) is 0 Å². The van der Waals surface area contributed by atoms with Crippen LogP contribution >= 0.6 is 0 Å². The minimum atomic E-state index is -4.51. The summed E-state index contributed by atoms with van der Waals surface area (Å²) in [5.74, 6) is -1.01. The third kappa shape index (κ3) is 5.56. The van der Waals surface area contributed by atoms with E-state index < -0.39 is 50.6 Å². The lowest BCUT2D eigenvalue weighted by Gasteiger charge is -2.21. The number of halogens is 4. The Kier molecular flexibility index (Phi) is 6.99. The van der Waals surface area contributed by atoms with Crippen molar-refractivity contribution in [3.8, 4) is 11.3 Å². The van der Waals surface area contributed by atoms with Gasteiger partial charge in [0.2, 0.25) is 5.09 Å². The number of nitrogens with zero attached hydrogens (tertiary/aromatic N) is 3. The lowest BCUT2D eigenvalue weighted by molar-refractivity contribution is -0.137. The Hall–Kier alpha value is -3.68. The second kappa shape index (κ2) is 10.1. The van der Waals surface area contributed by atoms with E-state index in [1.54, 1.807) is 12.1 Å². The zero-order chi connectivity index (χ0) is 27.9. The van der Waals surface area contributed by atoms with E-state index in [0.717, 1.165) is 28.7 Å². The Morgan fingerprint density at radius 3 is 2.62 bits per heavy atom. The van der Waals surface area contributed by atoms with Gasteiger partial charge in [0.05, 0.1) is 23.4 Å². The van der Waals surface area contributed by atoms with Crippen LogP contribution in [-0.2, 0) is 27.4 Å². The molecule has 39 heavy (non-hydrogen) atoms. The highest BCUT2D eigenvalue weighted by atomic mass is 32.2. The van der Waals surface area contributed by atoms with Gasteiger partial charge in [-0.1, -0.05) is 0 Å². The molecule has 0 unspecified atom stereocenters. The highest BCUT2D eigenvalue weighted by Gasteiger charge is 2.44. The van der Waals surface area contributed by atoms with E-state index in [4.69, 9.17) is 4.42 Å². The molecule has 4 heterocycles. The fraction of sp³-hybridized carbons (Fsp3) is 0.269. The van der Waals surface area contributed by atoms with Crippen LogP contribution in [0, 0.1) is 5.82 Å². The summed E-state index contributed by atoms with van der Waals surface area (Å²) >= 11 is 0. The van der Waals surface area contributed by atoms with Gasteiger partial charge in [0.1, 0.15) is 11.4 Å². The predicted octanol–water partition coefficient (Wildman–Crippen LogP) is 4.37. The van der Waals surface area contributed by atoms with E-state index in [1.807, 2.05) is 0 Å². The third-order valence-corrected chi connectivity index (χ3v) is 8.19. The van der Waals surface area contributed by atoms with Gasteiger partial charge in [0, 0.05) is 48.1 Å². The number of pyridine rings is 2. The van der Waals surface area contributed by atoms with Gasteiger partial charge in [-0.3, -0.25) is 14.8 Å². The summed E-state index contributed by atoms with van der Waals surface area (Å²) < 4.78 is 84.9. The largest absolute Gasteiger partial charge is 0.443 e. The summed E-state index contributed by atoms with van der Waals surface area (Å²) in [6.45, 7) is -0.308. The van der Waals surface area contributed by atoms with Crippen molar-refractivity contribution < 1.29 is 40.3 Å². The molecule has 1 fully saturated rings. The molecule has 1 aromatic carbocycles. The van der Waals surface area contributed by atoms with E-state index in [9.17, 15) is 35.9 Å². The Balaban J connectivity index is 1.31. The highest BCUT2D eigenvalue weighted by Crippen LogP contribution is 2.32. The number of furan rings is 1. The number of fused-ring (bicyclic) bond motifs is 1. The molecule has 2 atom stereocenters. The molecule has 0 bridgehead atoms. The number of β-amino-alcohol motifs (C(OH)–C–C–N with tert-alkyl or cyclic N) is 1. The molecule has 5 rings (SSSR count). The highest BCUT2D eigenvalue weighted by molar-refractivity contribution is 7.89. The maximum atomic E-state index is 13.5. The van der Waals surface area contributed by atoms with Gasteiger partial charge in [-0.25, -0.2) is 12.8 Å². The average molecular weight is 564 g/mol. The van der Waals surface area contributed by atoms with Gasteiger partial charge in [0.15, 0.2) is 5.78 Å². The van der Waals surface area contributed by atoms with Crippen molar-refractivity contribution >= 4 is 26.8 Å². The maximum Gasteiger partial charge on any atom is 0.417 e. The van der Waals surface area contributed by atoms with E-state index in [1.165, 1.54) is 24.4 Å². The number of carbonyl (C=O) groups is 1. The van der Waals surface area contributed by atoms with Crippen LogP contribution in [0.2, 0.25) is 0 Å². The smallest absolute Gasteiger partial charge is 0.417 e. The molecule has 204 valence electrons. The number of alkyl halides is 3. The van der Waals surface area contributed by atoms with Crippen molar-refractivity contribution in [2.45, 2.75) is 42.7 Å². The zero-order valence-corrected chi connectivity index (χ0v) is 20.9. The Labute approximate surface area is 220 Å². The van der Waals surface area contributed by atoms with Crippen molar-refractivity contribution in [3.63, 3.8) is 0 Å². The van der Waals surface area contributed by atoms with Gasteiger partial charge in [0.25, 0.3) is 10.0 Å². The number of aliphatic hydroxyl groups excluding tert-OH is 1. The zero-order valence-electron chi connectivity index (χ0n) is 20.1. The van der Waals surface area contributed by atoms with Crippen LogP contribution < -0.4 is 0 Å². The molecular weight excluding hydrogens is 542 g/mol. The second-order valence-corrected chi connectivity index (χ2v) is 11.0. The fourth-order valence-electron chi connectivity index (χ4n) is 4.50. The molecule has 0 radical (unpaired) electrons. The van der Waals surface area contributed by atoms with E-state index in [0.29, 0.717) is 17.0 Å². The fourth-order valence-corrected chi connectivity index (χ4v) is 6.11. The number of benzene rings is 1. The Morgan fingerprint density at radius 1 is 1.10 bits per heavy atom. The number of hydrogen-bond donors (Lipinski definition) is 1. The summed E-state index contributed by atoms with van der Waals surface area (Å²) in [7, 11) is -4.32. The number of carbonyl (C=O) groups excluding carboxylic acids is 1. The summed E-state index contributed by atoms with van der Waals surface area (Å²) in [4.78, 5) is 21.2. The number of ketones is 1. The molecule has 8 nitrogen and oxygen atoms in total. The van der Waals surface area contributed by atoms with Crippen LogP contribution in [0.1, 0.15) is 24.1 Å². The van der Waals surface area contributed by atoms with Crippen LogP contribution in [0.5, 0.6) is 0 Å². The molecule has 0 aliphatic carbocycles. The lowest BCUT2D eigenvalue weighted by Crippen LogP contribution is -2.40. The van der Waals surface area contributed by atoms with Crippen molar-refractivity contribution in [3.05, 3.63) is 78.0 Å². The van der Waals surface area contributed by atoms with Crippen molar-refractivity contribution in [2.24, 2.45) is 0 Å². The average Bonchev–Trinajstić information content (AvgIpc) is 3.51. The first-order chi connectivity index (χ1) is 18.4. The molecule has 0 amide bonds. The van der Waals surface area contributed by atoms with Gasteiger partial charge < -0.3 is 9.52 Å². The first kappa shape index (κ1) is 26.9. The summed E-state index contributed by atoms with van der Waals surface area (Å²) in [6, 6.07) is 8.90.